The monoisotopic (exact) mass is 631 g/mol. The van der Waals surface area contributed by atoms with Gasteiger partial charge in [0.15, 0.2) is 0 Å². The number of hydrogen-bond donors (Lipinski definition) is 3. The minimum Gasteiger partial charge on any atom is -0.324 e. The largest absolute Gasteiger partial charge is 0.324 e. The Morgan fingerprint density at radius 3 is 2.29 bits per heavy atom. The summed E-state index contributed by atoms with van der Waals surface area (Å²) in [4.78, 5) is 39.9. The molecule has 0 aliphatic rings. The first-order valence-electron chi connectivity index (χ1n) is 12.8. The van der Waals surface area contributed by atoms with E-state index in [2.05, 4.69) is 31.9 Å². The molecular formula is C32H27BrFN3O3S. The fraction of sp³-hybridized carbons (Fsp3) is 0.0938. The molecule has 3 N–H and O–H groups in total. The molecule has 4 rings (SSSR count). The van der Waals surface area contributed by atoms with Crippen molar-refractivity contribution < 1.29 is 18.8 Å². The van der Waals surface area contributed by atoms with Gasteiger partial charge in [0, 0.05) is 20.6 Å². The van der Waals surface area contributed by atoms with E-state index >= 15 is 0 Å². The molecule has 0 bridgehead atoms. The van der Waals surface area contributed by atoms with E-state index in [0.717, 1.165) is 9.37 Å². The van der Waals surface area contributed by atoms with Gasteiger partial charge < -0.3 is 16.0 Å². The number of anilines is 2. The lowest BCUT2D eigenvalue weighted by molar-refractivity contribution is -0.116. The van der Waals surface area contributed by atoms with Gasteiger partial charge in [-0.25, -0.2) is 4.39 Å². The van der Waals surface area contributed by atoms with Gasteiger partial charge in [-0.15, -0.1) is 11.8 Å². The molecule has 4 aromatic rings. The molecule has 41 heavy (non-hydrogen) atoms. The Morgan fingerprint density at radius 1 is 0.878 bits per heavy atom. The van der Waals surface area contributed by atoms with E-state index in [-0.39, 0.29) is 16.9 Å². The zero-order valence-corrected chi connectivity index (χ0v) is 24.5. The van der Waals surface area contributed by atoms with Gasteiger partial charge >= 0.3 is 0 Å². The number of benzene rings is 4. The van der Waals surface area contributed by atoms with Crippen molar-refractivity contribution in [3.05, 3.63) is 130 Å². The summed E-state index contributed by atoms with van der Waals surface area (Å²) in [6, 6.07) is 28.6. The first-order valence-corrected chi connectivity index (χ1v) is 14.5. The van der Waals surface area contributed by atoms with Crippen molar-refractivity contribution in [1.29, 1.82) is 0 Å². The summed E-state index contributed by atoms with van der Waals surface area (Å²) < 4.78 is 14.2. The molecule has 1 atom stereocenters. The van der Waals surface area contributed by atoms with Gasteiger partial charge in [0.1, 0.15) is 11.5 Å². The van der Waals surface area contributed by atoms with Gasteiger partial charge in [0.25, 0.3) is 11.8 Å². The first-order chi connectivity index (χ1) is 19.8. The van der Waals surface area contributed by atoms with Gasteiger partial charge in [-0.05, 0) is 88.6 Å². The summed E-state index contributed by atoms with van der Waals surface area (Å²) in [6.45, 7) is 1.94. The maximum atomic E-state index is 13.4. The summed E-state index contributed by atoms with van der Waals surface area (Å²) in [7, 11) is 0. The number of hydrogen-bond acceptors (Lipinski definition) is 4. The second-order valence-electron chi connectivity index (χ2n) is 8.90. The Kier molecular flexibility index (Phi) is 10.5. The topological polar surface area (TPSA) is 87.3 Å². The van der Waals surface area contributed by atoms with Crippen LogP contribution in [0.3, 0.4) is 0 Å². The van der Waals surface area contributed by atoms with Crippen LogP contribution in [-0.2, 0) is 9.59 Å². The Morgan fingerprint density at radius 2 is 1.59 bits per heavy atom. The first kappa shape index (κ1) is 29.8. The highest BCUT2D eigenvalue weighted by molar-refractivity contribution is 9.10. The Hall–Kier alpha value is -4.21. The number of rotatable bonds is 10. The van der Waals surface area contributed by atoms with Crippen LogP contribution in [-0.4, -0.2) is 23.0 Å². The molecule has 0 saturated heterocycles. The second kappa shape index (κ2) is 14.4. The molecule has 4 aromatic carbocycles. The predicted octanol–water partition coefficient (Wildman–Crippen LogP) is 7.51. The number of para-hydroxylation sites is 1. The molecule has 0 saturated carbocycles. The molecule has 1 unspecified atom stereocenters. The van der Waals surface area contributed by atoms with Crippen molar-refractivity contribution in [2.24, 2.45) is 0 Å². The van der Waals surface area contributed by atoms with Crippen LogP contribution in [0.4, 0.5) is 15.8 Å². The molecule has 0 fully saturated rings. The van der Waals surface area contributed by atoms with Crippen LogP contribution < -0.4 is 16.0 Å². The highest BCUT2D eigenvalue weighted by atomic mass is 79.9. The molecule has 0 spiro atoms. The maximum absolute atomic E-state index is 13.4. The minimum absolute atomic E-state index is 0.0113. The quantitative estimate of drug-likeness (QED) is 0.125. The van der Waals surface area contributed by atoms with E-state index in [1.165, 1.54) is 42.1 Å². The number of halogens is 2. The fourth-order valence-corrected chi connectivity index (χ4v) is 5.17. The van der Waals surface area contributed by atoms with Gasteiger partial charge in [-0.1, -0.05) is 55.5 Å². The molecule has 3 amide bonds. The molecule has 0 aliphatic carbocycles. The Labute approximate surface area is 250 Å². The average Bonchev–Trinajstić information content (AvgIpc) is 2.98. The van der Waals surface area contributed by atoms with Crippen molar-refractivity contribution in [2.45, 2.75) is 23.5 Å². The lowest BCUT2D eigenvalue weighted by Crippen LogP contribution is -2.30. The van der Waals surface area contributed by atoms with Crippen molar-refractivity contribution in [3.8, 4) is 0 Å². The lowest BCUT2D eigenvalue weighted by atomic mass is 10.1. The van der Waals surface area contributed by atoms with Gasteiger partial charge in [-0.3, -0.25) is 14.4 Å². The summed E-state index contributed by atoms with van der Waals surface area (Å²) in [6.07, 6.45) is 2.07. The van der Waals surface area contributed by atoms with Gasteiger partial charge in [0.2, 0.25) is 5.91 Å². The number of nitrogens with one attached hydrogen (secondary N) is 3. The van der Waals surface area contributed by atoms with E-state index in [1.54, 1.807) is 48.5 Å². The van der Waals surface area contributed by atoms with E-state index in [9.17, 15) is 18.8 Å². The summed E-state index contributed by atoms with van der Waals surface area (Å²) in [5.41, 5.74) is 2.09. The van der Waals surface area contributed by atoms with Crippen LogP contribution in [0.1, 0.15) is 29.3 Å². The average molecular weight is 633 g/mol. The summed E-state index contributed by atoms with van der Waals surface area (Å²) >= 11 is 4.83. The highest BCUT2D eigenvalue weighted by Gasteiger charge is 2.20. The van der Waals surface area contributed by atoms with Gasteiger partial charge in [-0.2, -0.15) is 0 Å². The Bertz CT molecular complexity index is 1560. The minimum atomic E-state index is -0.556. The number of carbonyl (C=O) groups is 3. The van der Waals surface area contributed by atoms with Crippen LogP contribution in [0.5, 0.6) is 0 Å². The highest BCUT2D eigenvalue weighted by Crippen LogP contribution is 2.30. The van der Waals surface area contributed by atoms with Crippen LogP contribution >= 0.6 is 27.7 Å². The zero-order chi connectivity index (χ0) is 29.2. The normalized spacial score (nSPS) is 11.8. The van der Waals surface area contributed by atoms with Gasteiger partial charge in [0.05, 0.1) is 10.9 Å². The maximum Gasteiger partial charge on any atom is 0.272 e. The van der Waals surface area contributed by atoms with E-state index in [0.29, 0.717) is 28.9 Å². The fourth-order valence-electron chi connectivity index (χ4n) is 3.78. The third kappa shape index (κ3) is 8.64. The molecule has 208 valence electrons. The molecular weight excluding hydrogens is 605 g/mol. The van der Waals surface area contributed by atoms with E-state index in [4.69, 9.17) is 0 Å². The molecule has 6 nitrogen and oxygen atoms in total. The van der Waals surface area contributed by atoms with Crippen molar-refractivity contribution in [2.75, 3.05) is 10.6 Å². The summed E-state index contributed by atoms with van der Waals surface area (Å²) in [5, 5.41) is 8.08. The smallest absolute Gasteiger partial charge is 0.272 e. The van der Waals surface area contributed by atoms with Crippen LogP contribution in [0.25, 0.3) is 6.08 Å². The lowest BCUT2D eigenvalue weighted by Gasteiger charge is -2.16. The molecule has 9 heteroatoms. The Balaban J connectivity index is 1.50. The number of thioether (sulfide) groups is 1. The van der Waals surface area contributed by atoms with E-state index in [1.807, 2.05) is 37.3 Å². The van der Waals surface area contributed by atoms with Crippen molar-refractivity contribution in [1.82, 2.24) is 5.32 Å². The van der Waals surface area contributed by atoms with Crippen LogP contribution in [0, 0.1) is 5.82 Å². The van der Waals surface area contributed by atoms with Crippen molar-refractivity contribution in [3.63, 3.8) is 0 Å². The molecule has 0 radical (unpaired) electrons. The predicted molar refractivity (Wildman–Crippen MR) is 166 cm³/mol. The standard InChI is InChI=1S/C32H27BrFN3O3S/c1-2-29(32(40)36-27-14-7-6-13-26(27)33)41-25-12-8-11-24(20-25)35-31(39)28(19-21-15-17-23(34)18-16-21)37-30(38)22-9-4-3-5-10-22/h3-20,29H,2H2,1H3,(H,35,39)(H,36,40)(H,37,38)/b28-19-. The third-order valence-electron chi connectivity index (χ3n) is 5.88. The number of amides is 3. The molecule has 0 aliphatic heterocycles. The molecule has 0 aromatic heterocycles. The SMILES string of the molecule is CCC(Sc1cccc(NC(=O)/C(=C/c2ccc(F)cc2)NC(=O)c2ccccc2)c1)C(=O)Nc1ccccc1Br. The van der Waals surface area contributed by atoms with Crippen LogP contribution in [0.2, 0.25) is 0 Å². The van der Waals surface area contributed by atoms with E-state index < -0.39 is 17.6 Å². The second-order valence-corrected chi connectivity index (χ2v) is 11.0. The van der Waals surface area contributed by atoms with Crippen LogP contribution in [0.15, 0.2) is 118 Å². The third-order valence-corrected chi connectivity index (χ3v) is 7.92. The molecule has 0 heterocycles. The summed E-state index contributed by atoms with van der Waals surface area (Å²) in [5.74, 6) is -1.56. The van der Waals surface area contributed by atoms with Crippen molar-refractivity contribution >= 4 is 62.9 Å². The zero-order valence-electron chi connectivity index (χ0n) is 22.1. The number of carbonyl (C=O) groups excluding carboxylic acids is 3.